The SMILES string of the molecule is O=[N+]1CSC2=CC3=CC(n4cnc(CO)c4)=CCC3C2=N1. The van der Waals surface area contributed by atoms with E-state index in [4.69, 9.17) is 5.11 Å². The van der Waals surface area contributed by atoms with Crippen LogP contribution >= 0.6 is 11.8 Å². The zero-order valence-electron chi connectivity index (χ0n) is 11.1. The number of aliphatic hydroxyl groups is 1. The Morgan fingerprint density at radius 1 is 1.48 bits per heavy atom. The van der Waals surface area contributed by atoms with E-state index < -0.39 is 0 Å². The van der Waals surface area contributed by atoms with Crippen LogP contribution in [0.1, 0.15) is 12.1 Å². The van der Waals surface area contributed by atoms with Gasteiger partial charge in [-0.1, -0.05) is 6.08 Å². The first-order chi connectivity index (χ1) is 10.2. The van der Waals surface area contributed by atoms with Gasteiger partial charge in [0.1, 0.15) is 5.71 Å². The molecule has 0 saturated heterocycles. The fourth-order valence-electron chi connectivity index (χ4n) is 2.79. The molecule has 0 radical (unpaired) electrons. The van der Waals surface area contributed by atoms with Gasteiger partial charge in [0, 0.05) is 27.8 Å². The molecule has 4 rings (SSSR count). The molecule has 0 saturated carbocycles. The molecular weight excluding hydrogens is 288 g/mol. The Balaban J connectivity index is 1.68. The Bertz CT molecular complexity index is 757. The lowest BCUT2D eigenvalue weighted by atomic mass is 9.91. The number of rotatable bonds is 2. The van der Waals surface area contributed by atoms with Crippen molar-refractivity contribution >= 4 is 23.2 Å². The number of nitroso groups, excluding NO2 is 1. The van der Waals surface area contributed by atoms with Gasteiger partial charge in [0.2, 0.25) is 0 Å². The zero-order valence-corrected chi connectivity index (χ0v) is 12.0. The molecule has 1 unspecified atom stereocenters. The van der Waals surface area contributed by atoms with Crippen molar-refractivity contribution < 1.29 is 9.98 Å². The zero-order chi connectivity index (χ0) is 14.4. The van der Waals surface area contributed by atoms with Crippen LogP contribution in [0.5, 0.6) is 0 Å². The van der Waals surface area contributed by atoms with Gasteiger partial charge in [0.05, 0.1) is 23.5 Å². The summed E-state index contributed by atoms with van der Waals surface area (Å²) in [5.74, 6) is 0.547. The van der Waals surface area contributed by atoms with E-state index >= 15 is 0 Å². The minimum atomic E-state index is -0.0592. The molecule has 7 heteroatoms. The average molecular weight is 301 g/mol. The molecule has 3 aliphatic rings. The second kappa shape index (κ2) is 4.78. The quantitative estimate of drug-likeness (QED) is 0.847. The van der Waals surface area contributed by atoms with Crippen LogP contribution in [0.4, 0.5) is 0 Å². The maximum absolute atomic E-state index is 11.4. The molecule has 1 aromatic heterocycles. The monoisotopic (exact) mass is 301 g/mol. The standard InChI is InChI=1S/C14H13N4O2S/c19-6-10-5-17(7-15-10)11-1-2-12-9(3-11)4-13-14(12)16-18(20)8-21-13/h1,3-5,7,12,19H,2,6,8H2/q+1. The van der Waals surface area contributed by atoms with E-state index in [0.29, 0.717) is 11.6 Å². The predicted molar refractivity (Wildman–Crippen MR) is 80.2 cm³/mol. The Labute approximate surface area is 125 Å². The van der Waals surface area contributed by atoms with Crippen LogP contribution in [-0.4, -0.2) is 31.1 Å². The number of thioether (sulfide) groups is 1. The Hall–Kier alpha value is -1.99. The largest absolute Gasteiger partial charge is 0.390 e. The van der Waals surface area contributed by atoms with E-state index in [1.807, 2.05) is 10.8 Å². The van der Waals surface area contributed by atoms with Gasteiger partial charge >= 0.3 is 0 Å². The van der Waals surface area contributed by atoms with Gasteiger partial charge in [0.25, 0.3) is 5.88 Å². The van der Waals surface area contributed by atoms with E-state index in [1.165, 1.54) is 5.57 Å². The third-order valence-electron chi connectivity index (χ3n) is 3.81. The highest BCUT2D eigenvalue weighted by Crippen LogP contribution is 2.41. The molecule has 1 aliphatic heterocycles. The molecule has 0 spiro atoms. The summed E-state index contributed by atoms with van der Waals surface area (Å²) in [5, 5.41) is 13.2. The highest BCUT2D eigenvalue weighted by Gasteiger charge is 2.37. The van der Waals surface area contributed by atoms with Crippen molar-refractivity contribution in [1.82, 2.24) is 9.55 Å². The van der Waals surface area contributed by atoms with Crippen molar-refractivity contribution in [3.63, 3.8) is 0 Å². The second-order valence-electron chi connectivity index (χ2n) is 5.11. The Morgan fingerprint density at radius 2 is 2.38 bits per heavy atom. The van der Waals surface area contributed by atoms with Crippen LogP contribution in [0, 0.1) is 10.8 Å². The lowest BCUT2D eigenvalue weighted by Gasteiger charge is -2.17. The van der Waals surface area contributed by atoms with Crippen molar-refractivity contribution in [2.24, 2.45) is 11.0 Å². The number of fused-ring (bicyclic) bond motifs is 3. The highest BCUT2D eigenvalue weighted by atomic mass is 32.2. The van der Waals surface area contributed by atoms with Crippen molar-refractivity contribution in [2.75, 3.05) is 5.88 Å². The molecule has 6 nitrogen and oxygen atoms in total. The number of imidazole rings is 1. The number of aromatic nitrogens is 2. The first-order valence-corrected chi connectivity index (χ1v) is 7.67. The Kier molecular flexibility index (Phi) is 2.90. The number of hydrazone groups is 1. The normalized spacial score (nSPS) is 23.9. The lowest BCUT2D eigenvalue weighted by Crippen LogP contribution is -2.20. The van der Waals surface area contributed by atoms with E-state index in [9.17, 15) is 4.91 Å². The topological polar surface area (TPSA) is 70.5 Å². The molecule has 1 aromatic rings. The van der Waals surface area contributed by atoms with Crippen LogP contribution < -0.4 is 0 Å². The number of hydrogen-bond donors (Lipinski definition) is 1. The molecule has 2 aliphatic carbocycles. The van der Waals surface area contributed by atoms with Gasteiger partial charge in [-0.3, -0.25) is 0 Å². The van der Waals surface area contributed by atoms with E-state index in [-0.39, 0.29) is 12.5 Å². The average Bonchev–Trinajstić information content (AvgIpc) is 3.10. The van der Waals surface area contributed by atoms with Crippen LogP contribution in [0.25, 0.3) is 5.70 Å². The number of nitrogens with zero attached hydrogens (tertiary/aromatic N) is 4. The van der Waals surface area contributed by atoms with Crippen LogP contribution in [0.15, 0.2) is 46.3 Å². The third kappa shape index (κ3) is 2.09. The van der Waals surface area contributed by atoms with E-state index in [1.54, 1.807) is 18.1 Å². The molecule has 0 bridgehead atoms. The fraction of sp³-hybridized carbons (Fsp3) is 0.286. The van der Waals surface area contributed by atoms with Gasteiger partial charge in [-0.2, -0.15) is 0 Å². The minimum Gasteiger partial charge on any atom is -0.390 e. The molecule has 1 N–H and O–H groups in total. The second-order valence-corrected chi connectivity index (χ2v) is 6.10. The smallest absolute Gasteiger partial charge is 0.278 e. The predicted octanol–water partition coefficient (Wildman–Crippen LogP) is 1.90. The maximum Gasteiger partial charge on any atom is 0.278 e. The first-order valence-electron chi connectivity index (χ1n) is 6.68. The van der Waals surface area contributed by atoms with Gasteiger partial charge in [-0.15, -0.1) is 0 Å². The van der Waals surface area contributed by atoms with Crippen molar-refractivity contribution in [3.8, 4) is 0 Å². The summed E-state index contributed by atoms with van der Waals surface area (Å²) in [7, 11) is 0. The van der Waals surface area contributed by atoms with E-state index in [0.717, 1.165) is 27.6 Å². The molecule has 0 aromatic carbocycles. The van der Waals surface area contributed by atoms with Gasteiger partial charge in [0.15, 0.2) is 4.87 Å². The summed E-state index contributed by atoms with van der Waals surface area (Å²) in [6, 6.07) is 0. The minimum absolute atomic E-state index is 0.0592. The van der Waals surface area contributed by atoms with Gasteiger partial charge in [-0.05, 0) is 35.9 Å². The molecule has 106 valence electrons. The van der Waals surface area contributed by atoms with E-state index in [2.05, 4.69) is 28.3 Å². The van der Waals surface area contributed by atoms with Gasteiger partial charge < -0.3 is 9.67 Å². The summed E-state index contributed by atoms with van der Waals surface area (Å²) < 4.78 is 1.91. The first kappa shape index (κ1) is 12.7. The van der Waals surface area contributed by atoms with Crippen molar-refractivity contribution in [3.05, 3.63) is 51.8 Å². The van der Waals surface area contributed by atoms with Crippen LogP contribution in [0.3, 0.4) is 0 Å². The number of allylic oxidation sites excluding steroid dienone is 6. The molecule has 0 amide bonds. The van der Waals surface area contributed by atoms with Crippen molar-refractivity contribution in [1.29, 1.82) is 0 Å². The molecule has 21 heavy (non-hydrogen) atoms. The third-order valence-corrected chi connectivity index (χ3v) is 4.79. The number of aliphatic hydroxyl groups excluding tert-OH is 1. The maximum atomic E-state index is 11.4. The Morgan fingerprint density at radius 3 is 3.19 bits per heavy atom. The summed E-state index contributed by atoms with van der Waals surface area (Å²) in [6.07, 6.45) is 10.7. The lowest BCUT2D eigenvalue weighted by molar-refractivity contribution is -0.534. The summed E-state index contributed by atoms with van der Waals surface area (Å²) >= 11 is 1.54. The molecule has 0 fully saturated rings. The fourth-order valence-corrected chi connectivity index (χ4v) is 3.65. The van der Waals surface area contributed by atoms with Crippen LogP contribution in [0.2, 0.25) is 0 Å². The van der Waals surface area contributed by atoms with Crippen molar-refractivity contribution in [2.45, 2.75) is 13.0 Å². The molecule has 1 atom stereocenters. The highest BCUT2D eigenvalue weighted by molar-refractivity contribution is 8.03. The van der Waals surface area contributed by atoms with Gasteiger partial charge in [-0.25, -0.2) is 4.98 Å². The van der Waals surface area contributed by atoms with Crippen LogP contribution in [-0.2, 0) is 6.61 Å². The molecule has 2 heterocycles. The summed E-state index contributed by atoms with van der Waals surface area (Å²) in [5.41, 5.74) is 3.76. The summed E-state index contributed by atoms with van der Waals surface area (Å²) in [6.45, 7) is -0.0592. The molecular formula is C14H13N4O2S+. The number of hydrogen-bond acceptors (Lipinski definition) is 4. The summed E-state index contributed by atoms with van der Waals surface area (Å²) in [4.78, 5) is 17.4.